The van der Waals surface area contributed by atoms with Gasteiger partial charge in [-0.05, 0) is 111 Å². The van der Waals surface area contributed by atoms with Gasteiger partial charge in [0.25, 0.3) is 5.91 Å². The summed E-state index contributed by atoms with van der Waals surface area (Å²) in [5.74, 6) is 0.504. The first-order valence-electron chi connectivity index (χ1n) is 20.1. The third-order valence-corrected chi connectivity index (χ3v) is 16.1. The number of hydrogen-bond acceptors (Lipinski definition) is 9. The van der Waals surface area contributed by atoms with Crippen LogP contribution in [-0.2, 0) is 31.3 Å². The molecule has 6 aliphatic rings. The fourth-order valence-corrected chi connectivity index (χ4v) is 11.8. The average Bonchev–Trinajstić information content (AvgIpc) is 3.30. The highest BCUT2D eigenvalue weighted by molar-refractivity contribution is 7.90. The molecule has 10 nitrogen and oxygen atoms in total. The van der Waals surface area contributed by atoms with Gasteiger partial charge >= 0.3 is 0 Å². The Bertz CT molecular complexity index is 1860. The number of piperazine rings is 1. The lowest BCUT2D eigenvalue weighted by atomic mass is 9.62. The summed E-state index contributed by atoms with van der Waals surface area (Å²) in [5.41, 5.74) is 2.94. The maximum atomic E-state index is 13.7. The number of halogens is 1. The van der Waals surface area contributed by atoms with E-state index in [2.05, 4.69) is 43.7 Å². The Labute approximate surface area is 326 Å². The maximum Gasteiger partial charge on any atom is 0.264 e. The van der Waals surface area contributed by atoms with Crippen molar-refractivity contribution >= 4 is 33.2 Å². The lowest BCUT2D eigenvalue weighted by molar-refractivity contribution is -0.0898. The molecule has 4 heterocycles. The zero-order valence-electron chi connectivity index (χ0n) is 32.1. The van der Waals surface area contributed by atoms with Crippen molar-refractivity contribution in [3.8, 4) is 5.75 Å². The number of ether oxygens (including phenoxy) is 3. The highest BCUT2D eigenvalue weighted by atomic mass is 35.5. The van der Waals surface area contributed by atoms with E-state index in [9.17, 15) is 13.2 Å². The van der Waals surface area contributed by atoms with Crippen LogP contribution in [0.5, 0.6) is 5.75 Å². The van der Waals surface area contributed by atoms with Gasteiger partial charge in [-0.15, -0.1) is 0 Å². The number of nitrogens with zero attached hydrogens (tertiary/aromatic N) is 3. The van der Waals surface area contributed by atoms with Crippen LogP contribution in [-0.4, -0.2) is 114 Å². The van der Waals surface area contributed by atoms with Gasteiger partial charge < -0.3 is 24.0 Å². The van der Waals surface area contributed by atoms with E-state index in [1.54, 1.807) is 13.0 Å². The van der Waals surface area contributed by atoms with Gasteiger partial charge in [-0.1, -0.05) is 36.7 Å². The summed E-state index contributed by atoms with van der Waals surface area (Å²) in [4.78, 5) is 21.3. The number of amides is 1. The molecule has 0 radical (unpaired) electrons. The predicted molar refractivity (Wildman–Crippen MR) is 212 cm³/mol. The molecule has 8 rings (SSSR count). The highest BCUT2D eigenvalue weighted by Crippen LogP contribution is 2.50. The van der Waals surface area contributed by atoms with Gasteiger partial charge in [-0.3, -0.25) is 9.69 Å². The van der Waals surface area contributed by atoms with E-state index in [4.69, 9.17) is 25.8 Å². The molecule has 1 saturated carbocycles. The van der Waals surface area contributed by atoms with E-state index in [1.165, 1.54) is 11.1 Å². The van der Waals surface area contributed by atoms with Crippen molar-refractivity contribution in [2.45, 2.75) is 81.1 Å². The normalized spacial score (nSPS) is 35.0. The molecule has 294 valence electrons. The van der Waals surface area contributed by atoms with Gasteiger partial charge in [-0.2, -0.15) is 0 Å². The van der Waals surface area contributed by atoms with E-state index >= 15 is 0 Å². The number of benzene rings is 2. The molecule has 2 aliphatic carbocycles. The van der Waals surface area contributed by atoms with Crippen molar-refractivity contribution in [2.24, 2.45) is 17.8 Å². The Morgan fingerprint density at radius 1 is 1.07 bits per heavy atom. The summed E-state index contributed by atoms with van der Waals surface area (Å²) in [6.07, 6.45) is 11.0. The number of allylic oxidation sites excluding steroid dienone is 1. The minimum absolute atomic E-state index is 0.217. The fraction of sp³-hybridized carbons (Fsp3) is 0.643. The number of methoxy groups -OCH3 is 1. The molecule has 0 unspecified atom stereocenters. The van der Waals surface area contributed by atoms with Gasteiger partial charge in [0.05, 0.1) is 36.4 Å². The van der Waals surface area contributed by atoms with Crippen LogP contribution in [0.2, 0.25) is 5.02 Å². The topological polar surface area (TPSA) is 101 Å². The number of carbonyl (C=O) groups is 1. The van der Waals surface area contributed by atoms with Gasteiger partial charge in [0, 0.05) is 75.0 Å². The van der Waals surface area contributed by atoms with E-state index in [0.29, 0.717) is 30.6 Å². The van der Waals surface area contributed by atoms with Crippen molar-refractivity contribution in [3.63, 3.8) is 0 Å². The average molecular weight is 781 g/mol. The van der Waals surface area contributed by atoms with E-state index in [1.807, 2.05) is 32.2 Å². The first-order chi connectivity index (χ1) is 26.0. The second-order valence-electron chi connectivity index (χ2n) is 17.0. The lowest BCUT2D eigenvalue weighted by Gasteiger charge is -2.51. The summed E-state index contributed by atoms with van der Waals surface area (Å²) in [6.45, 7) is 12.3. The first kappa shape index (κ1) is 38.2. The van der Waals surface area contributed by atoms with Crippen LogP contribution < -0.4 is 14.4 Å². The number of hydrogen-bond donors (Lipinski definition) is 1. The molecule has 1 spiro atoms. The Hall–Kier alpha value is -2.67. The van der Waals surface area contributed by atoms with Crippen LogP contribution in [0.15, 0.2) is 48.6 Å². The van der Waals surface area contributed by atoms with Gasteiger partial charge in [0.15, 0.2) is 0 Å². The monoisotopic (exact) mass is 780 g/mol. The van der Waals surface area contributed by atoms with Crippen molar-refractivity contribution in [2.75, 3.05) is 77.6 Å². The Balaban J connectivity index is 1.16. The summed E-state index contributed by atoms with van der Waals surface area (Å²) >= 11 is 6.51. The van der Waals surface area contributed by atoms with Crippen LogP contribution >= 0.6 is 11.6 Å². The molecule has 3 fully saturated rings. The zero-order valence-corrected chi connectivity index (χ0v) is 33.7. The number of sulfonamides is 1. The van der Waals surface area contributed by atoms with Crippen LogP contribution in [0.25, 0.3) is 0 Å². The molecular formula is C42H57ClN4O6S. The Morgan fingerprint density at radius 2 is 1.94 bits per heavy atom. The Kier molecular flexibility index (Phi) is 10.9. The predicted octanol–water partition coefficient (Wildman–Crippen LogP) is 5.68. The molecule has 2 saturated heterocycles. The van der Waals surface area contributed by atoms with Gasteiger partial charge in [0.1, 0.15) is 5.75 Å². The Morgan fingerprint density at radius 3 is 2.76 bits per heavy atom. The minimum atomic E-state index is -3.96. The van der Waals surface area contributed by atoms with Crippen molar-refractivity contribution in [1.29, 1.82) is 0 Å². The quantitative estimate of drug-likeness (QED) is 0.394. The van der Waals surface area contributed by atoms with Crippen LogP contribution in [0.3, 0.4) is 0 Å². The smallest absolute Gasteiger partial charge is 0.264 e. The fourth-order valence-electron chi connectivity index (χ4n) is 10.3. The third kappa shape index (κ3) is 7.34. The lowest BCUT2D eigenvalue weighted by Crippen LogP contribution is -2.59. The van der Waals surface area contributed by atoms with Gasteiger partial charge in [-0.25, -0.2) is 13.1 Å². The number of carbonyl (C=O) groups excluding carboxylic acids is 1. The second-order valence-corrected chi connectivity index (χ2v) is 19.5. The molecule has 2 bridgehead atoms. The second kappa shape index (κ2) is 15.3. The molecule has 2 aromatic carbocycles. The van der Waals surface area contributed by atoms with Crippen LogP contribution in [0.1, 0.15) is 73.9 Å². The standard InChI is InChI=1S/C42H57ClN4O6S/c1-29-6-4-15-42(51-3,16-17-45-18-19-46-20-21-52-26-35(46)25-45)37-11-8-33(37)24-47-27-41(14-5-7-31-22-34(43)10-12-36(31)41)28-53-39-13-9-32(23-38(39)47)40(48)44-54(49,50)30(29)2/h4,9-10,12-13,15,22-23,29-30,33,35,37H,5-8,11,14,16-21,24-28H2,1-3H3,(H,44,48)/b15-4+/t29-,30+,33-,35-,37+,41-,42+/m0/s1. The molecule has 54 heavy (non-hydrogen) atoms. The molecule has 7 atom stereocenters. The van der Waals surface area contributed by atoms with E-state index < -0.39 is 26.8 Å². The first-order valence-corrected chi connectivity index (χ1v) is 22.1. The summed E-state index contributed by atoms with van der Waals surface area (Å²) in [7, 11) is -2.10. The number of nitrogens with one attached hydrogen (secondary N) is 1. The van der Waals surface area contributed by atoms with Crippen molar-refractivity contribution in [3.05, 3.63) is 70.3 Å². The maximum absolute atomic E-state index is 13.7. The molecule has 0 aromatic heterocycles. The molecule has 12 heteroatoms. The largest absolute Gasteiger partial charge is 0.490 e. The zero-order chi connectivity index (χ0) is 37.7. The van der Waals surface area contributed by atoms with Crippen molar-refractivity contribution in [1.82, 2.24) is 14.5 Å². The third-order valence-electron chi connectivity index (χ3n) is 14.0. The number of fused-ring (bicyclic) bond motifs is 5. The molecule has 4 aliphatic heterocycles. The van der Waals surface area contributed by atoms with Crippen LogP contribution in [0, 0.1) is 17.8 Å². The number of rotatable bonds is 4. The minimum Gasteiger partial charge on any atom is -0.490 e. The summed E-state index contributed by atoms with van der Waals surface area (Å²) in [5, 5.41) is -0.0278. The molecule has 2 aromatic rings. The molecule has 1 N–H and O–H groups in total. The summed E-state index contributed by atoms with van der Waals surface area (Å²) in [6, 6.07) is 12.1. The summed E-state index contributed by atoms with van der Waals surface area (Å²) < 4.78 is 48.9. The number of anilines is 1. The van der Waals surface area contributed by atoms with E-state index in [-0.39, 0.29) is 17.3 Å². The highest BCUT2D eigenvalue weighted by Gasteiger charge is 2.49. The number of aryl methyl sites for hydroxylation is 1. The van der Waals surface area contributed by atoms with Crippen molar-refractivity contribution < 1.29 is 27.4 Å². The van der Waals surface area contributed by atoms with Gasteiger partial charge in [0.2, 0.25) is 10.0 Å². The SMILES string of the molecule is CO[C@@]1(CCN2CCN3CCOC[C@@H]3C2)/C=C/C[C@H](C)[C@@H](C)S(=O)(=O)NC(=O)c2ccc3c(c2)N(C[C@@H]2CC[C@H]21)C[C@@]1(CCCc2cc(Cl)ccc21)CO3. The van der Waals surface area contributed by atoms with Crippen LogP contribution in [0.4, 0.5) is 5.69 Å². The molecular weight excluding hydrogens is 724 g/mol. The van der Waals surface area contributed by atoms with E-state index in [0.717, 1.165) is 114 Å². The number of morpholine rings is 1. The molecule has 1 amide bonds.